The zero-order valence-electron chi connectivity index (χ0n) is 11.2. The summed E-state index contributed by atoms with van der Waals surface area (Å²) in [6.07, 6.45) is -6.75. The molecule has 1 aliphatic heterocycles. The molecule has 22 heavy (non-hydrogen) atoms. The third-order valence-electron chi connectivity index (χ3n) is 3.34. The maximum absolute atomic E-state index is 10.8. The molecule has 0 spiro atoms. The molecule has 0 bridgehead atoms. The van der Waals surface area contributed by atoms with Crippen molar-refractivity contribution in [1.82, 2.24) is 0 Å². The van der Waals surface area contributed by atoms with Crippen LogP contribution in [0.1, 0.15) is 0 Å². The fraction of sp³-hybridized carbons (Fsp3) is 0.500. The molecule has 0 aliphatic carbocycles. The molecule has 0 radical (unpaired) electrons. The van der Waals surface area contributed by atoms with Crippen molar-refractivity contribution in [3.05, 3.63) is 33.3 Å². The lowest BCUT2D eigenvalue weighted by Crippen LogP contribution is -2.60. The quantitative estimate of drug-likeness (QED) is 0.364. The Bertz CT molecular complexity index is 556. The van der Waals surface area contributed by atoms with Crippen molar-refractivity contribution < 1.29 is 30.1 Å². The van der Waals surface area contributed by atoms with Gasteiger partial charge in [0.05, 0.1) is 11.5 Å². The van der Waals surface area contributed by atoms with Gasteiger partial charge in [-0.3, -0.25) is 10.1 Å². The molecule has 0 aromatic heterocycles. The first-order chi connectivity index (χ1) is 10.3. The first-order valence-corrected chi connectivity index (χ1v) is 6.74. The predicted octanol–water partition coefficient (Wildman–Crippen LogP) is -0.540. The van der Waals surface area contributed by atoms with Crippen LogP contribution in [0.5, 0.6) is 0 Å². The summed E-state index contributed by atoms with van der Waals surface area (Å²) in [7, 11) is 0. The summed E-state index contributed by atoms with van der Waals surface area (Å²) in [5.74, 6) is 0. The number of benzene rings is 1. The Balaban J connectivity index is 2.19. The van der Waals surface area contributed by atoms with Crippen LogP contribution in [-0.4, -0.2) is 62.6 Å². The van der Waals surface area contributed by atoms with Crippen LogP contribution in [0.4, 0.5) is 11.4 Å². The molecule has 0 saturated carbocycles. The smallest absolute Gasteiger partial charge is 0.289 e. The van der Waals surface area contributed by atoms with Crippen LogP contribution in [0, 0.1) is 10.1 Å². The van der Waals surface area contributed by atoms with Crippen molar-refractivity contribution >= 4 is 23.0 Å². The van der Waals surface area contributed by atoms with Crippen molar-refractivity contribution in [2.24, 2.45) is 0 Å². The van der Waals surface area contributed by atoms with Gasteiger partial charge in [0.2, 0.25) is 0 Å². The minimum atomic E-state index is -1.54. The summed E-state index contributed by atoms with van der Waals surface area (Å²) in [6.45, 7) is -0.566. The molecule has 1 fully saturated rings. The lowest BCUT2D eigenvalue weighted by molar-refractivity contribution is -0.384. The van der Waals surface area contributed by atoms with Crippen LogP contribution in [0.2, 0.25) is 5.02 Å². The van der Waals surface area contributed by atoms with E-state index in [1.165, 1.54) is 12.1 Å². The number of rotatable bonds is 4. The second-order valence-corrected chi connectivity index (χ2v) is 5.22. The summed E-state index contributed by atoms with van der Waals surface area (Å²) < 4.78 is 5.24. The zero-order chi connectivity index (χ0) is 16.4. The molecule has 1 aromatic carbocycles. The van der Waals surface area contributed by atoms with E-state index in [-0.39, 0.29) is 16.4 Å². The normalized spacial score (nSPS) is 31.8. The van der Waals surface area contributed by atoms with Crippen molar-refractivity contribution in [3.63, 3.8) is 0 Å². The van der Waals surface area contributed by atoms with E-state index in [0.717, 1.165) is 6.07 Å². The Hall–Kier alpha value is -1.49. The molecule has 5 atom stereocenters. The Morgan fingerprint density at radius 3 is 2.55 bits per heavy atom. The van der Waals surface area contributed by atoms with E-state index in [0.29, 0.717) is 0 Å². The number of ether oxygens (including phenoxy) is 1. The van der Waals surface area contributed by atoms with Crippen molar-refractivity contribution in [2.45, 2.75) is 30.6 Å². The highest BCUT2D eigenvalue weighted by atomic mass is 35.5. The van der Waals surface area contributed by atoms with Gasteiger partial charge in [0, 0.05) is 11.8 Å². The number of aliphatic hydroxyl groups is 4. The molecule has 1 heterocycles. The molecule has 122 valence electrons. The lowest BCUT2D eigenvalue weighted by atomic mass is 9.98. The number of nitrogens with one attached hydrogen (secondary N) is 1. The van der Waals surface area contributed by atoms with Gasteiger partial charge in [-0.1, -0.05) is 11.6 Å². The maximum atomic E-state index is 10.8. The van der Waals surface area contributed by atoms with Crippen LogP contribution < -0.4 is 5.32 Å². The summed E-state index contributed by atoms with van der Waals surface area (Å²) in [5, 5.41) is 51.7. The third-order valence-corrected chi connectivity index (χ3v) is 3.66. The van der Waals surface area contributed by atoms with Crippen molar-refractivity contribution in [2.75, 3.05) is 11.9 Å². The molecule has 1 saturated heterocycles. The molecule has 0 unspecified atom stereocenters. The highest BCUT2D eigenvalue weighted by molar-refractivity contribution is 6.32. The molecule has 0 amide bonds. The fourth-order valence-corrected chi connectivity index (χ4v) is 2.31. The second-order valence-electron chi connectivity index (χ2n) is 4.82. The van der Waals surface area contributed by atoms with Gasteiger partial charge in [-0.05, 0) is 12.1 Å². The van der Waals surface area contributed by atoms with Gasteiger partial charge in [-0.25, -0.2) is 0 Å². The molecular formula is C12H15ClN2O7. The van der Waals surface area contributed by atoms with Gasteiger partial charge in [0.1, 0.15) is 29.4 Å². The molecule has 10 heteroatoms. The summed E-state index contributed by atoms with van der Waals surface area (Å²) in [5.41, 5.74) is -0.114. The molecule has 1 aromatic rings. The number of hydrogen-bond donors (Lipinski definition) is 5. The van der Waals surface area contributed by atoms with E-state index >= 15 is 0 Å². The Morgan fingerprint density at radius 1 is 1.27 bits per heavy atom. The van der Waals surface area contributed by atoms with E-state index in [1.54, 1.807) is 0 Å². The fourth-order valence-electron chi connectivity index (χ4n) is 2.13. The second kappa shape index (κ2) is 6.73. The predicted molar refractivity (Wildman–Crippen MR) is 75.5 cm³/mol. The van der Waals surface area contributed by atoms with E-state index < -0.39 is 42.2 Å². The molecule has 1 aliphatic rings. The summed E-state index contributed by atoms with van der Waals surface area (Å²) in [6, 6.07) is 3.87. The van der Waals surface area contributed by atoms with E-state index in [2.05, 4.69) is 5.32 Å². The largest absolute Gasteiger partial charge is 0.394 e. The van der Waals surface area contributed by atoms with Crippen molar-refractivity contribution in [1.29, 1.82) is 0 Å². The first-order valence-electron chi connectivity index (χ1n) is 6.36. The number of aliphatic hydroxyl groups excluding tert-OH is 4. The van der Waals surface area contributed by atoms with Crippen LogP contribution in [0.3, 0.4) is 0 Å². The minimum absolute atomic E-state index is 0.0515. The van der Waals surface area contributed by atoms with Gasteiger partial charge in [-0.2, -0.15) is 0 Å². The number of nitro benzene ring substituents is 1. The number of hydrogen-bond acceptors (Lipinski definition) is 8. The van der Waals surface area contributed by atoms with Gasteiger partial charge >= 0.3 is 0 Å². The average molecular weight is 335 g/mol. The van der Waals surface area contributed by atoms with Crippen LogP contribution >= 0.6 is 11.6 Å². The molecular weight excluding hydrogens is 320 g/mol. The van der Waals surface area contributed by atoms with Gasteiger partial charge in [0.25, 0.3) is 5.69 Å². The maximum Gasteiger partial charge on any atom is 0.289 e. The van der Waals surface area contributed by atoms with Gasteiger partial charge < -0.3 is 30.5 Å². The lowest BCUT2D eigenvalue weighted by Gasteiger charge is -2.40. The van der Waals surface area contributed by atoms with Crippen LogP contribution in [-0.2, 0) is 4.74 Å². The standard InChI is InChI=1S/C12H15ClN2O7/c13-6-2-1-5(3-7(6)15(20)21)14-12-11(19)10(18)9(17)8(4-16)22-12/h1-3,8-12,14,16-19H,4H2/t8-,9+,10+,11-,12-/m0/s1. The Labute approximate surface area is 129 Å². The van der Waals surface area contributed by atoms with E-state index in [9.17, 15) is 25.4 Å². The van der Waals surface area contributed by atoms with Crippen molar-refractivity contribution in [3.8, 4) is 0 Å². The number of nitrogens with zero attached hydrogens (tertiary/aromatic N) is 1. The highest BCUT2D eigenvalue weighted by Gasteiger charge is 2.43. The molecule has 2 rings (SSSR count). The Morgan fingerprint density at radius 2 is 1.95 bits per heavy atom. The summed E-state index contributed by atoms with van der Waals surface area (Å²) >= 11 is 5.69. The highest BCUT2D eigenvalue weighted by Crippen LogP contribution is 2.29. The van der Waals surface area contributed by atoms with E-state index in [4.69, 9.17) is 21.4 Å². The monoisotopic (exact) mass is 334 g/mol. The number of anilines is 1. The van der Waals surface area contributed by atoms with Crippen LogP contribution in [0.25, 0.3) is 0 Å². The number of halogens is 1. The van der Waals surface area contributed by atoms with E-state index in [1.807, 2.05) is 0 Å². The first kappa shape index (κ1) is 16.9. The number of nitro groups is 1. The summed E-state index contributed by atoms with van der Waals surface area (Å²) in [4.78, 5) is 10.2. The average Bonchev–Trinajstić information content (AvgIpc) is 2.49. The Kier molecular flexibility index (Phi) is 5.16. The van der Waals surface area contributed by atoms with Gasteiger partial charge in [-0.15, -0.1) is 0 Å². The minimum Gasteiger partial charge on any atom is -0.394 e. The third kappa shape index (κ3) is 3.29. The zero-order valence-corrected chi connectivity index (χ0v) is 11.9. The molecule has 9 nitrogen and oxygen atoms in total. The van der Waals surface area contributed by atoms with Gasteiger partial charge in [0.15, 0.2) is 6.23 Å². The SMILES string of the molecule is O=[N+]([O-])c1cc(N[C@H]2O[C@@H](CO)[C@@H](O)[C@@H](O)[C@@H]2O)ccc1Cl. The van der Waals surface area contributed by atoms with Crippen LogP contribution in [0.15, 0.2) is 18.2 Å². The molecule has 5 N–H and O–H groups in total. The topological polar surface area (TPSA) is 145 Å².